The molecular weight excluding hydrogens is 536 g/mol. The summed E-state index contributed by atoms with van der Waals surface area (Å²) in [4.78, 5) is 24.7. The molecule has 2 aromatic carbocycles. The fraction of sp³-hybridized carbons (Fsp3) is 0.576. The number of rotatable bonds is 21. The maximum absolute atomic E-state index is 12.4. The lowest BCUT2D eigenvalue weighted by Gasteiger charge is -2.10. The standard InChI is InChI=1S/C33H50N2O5S/c1-3-4-5-6-7-8-9-10-11-12-13-14-15-16-17-18-26-40-32(36)29-20-19-21-30(27-29)34-33(37)35-41(38,39)31-24-22-28(2)23-25-31/h19-25,27H,3-18,26H2,1-2H3,(H2,34,35,37). The van der Waals surface area contributed by atoms with E-state index < -0.39 is 22.0 Å². The Labute approximate surface area is 247 Å². The van der Waals surface area contributed by atoms with Crippen molar-refractivity contribution in [2.45, 2.75) is 121 Å². The van der Waals surface area contributed by atoms with E-state index in [0.717, 1.165) is 24.8 Å². The molecule has 0 aromatic heterocycles. The number of anilines is 1. The largest absolute Gasteiger partial charge is 0.462 e. The Balaban J connectivity index is 1.54. The number of unbranched alkanes of at least 4 members (excludes halogenated alkanes) is 15. The summed E-state index contributed by atoms with van der Waals surface area (Å²) in [5.41, 5.74) is 1.49. The van der Waals surface area contributed by atoms with Crippen LogP contribution >= 0.6 is 0 Å². The zero-order chi connectivity index (χ0) is 29.8. The molecule has 0 saturated carbocycles. The minimum Gasteiger partial charge on any atom is -0.462 e. The number of carbonyl (C=O) groups excluding carboxylic acids is 2. The van der Waals surface area contributed by atoms with Crippen molar-refractivity contribution in [1.29, 1.82) is 0 Å². The van der Waals surface area contributed by atoms with Crippen molar-refractivity contribution in [1.82, 2.24) is 4.72 Å². The summed E-state index contributed by atoms with van der Waals surface area (Å²) in [5, 5.41) is 2.46. The lowest BCUT2D eigenvalue weighted by molar-refractivity contribution is 0.0497. The van der Waals surface area contributed by atoms with Gasteiger partial charge in [0.05, 0.1) is 17.1 Å². The van der Waals surface area contributed by atoms with Crippen LogP contribution in [-0.4, -0.2) is 27.0 Å². The van der Waals surface area contributed by atoms with Crippen LogP contribution in [0.5, 0.6) is 0 Å². The molecule has 0 atom stereocenters. The van der Waals surface area contributed by atoms with E-state index in [1.807, 2.05) is 11.6 Å². The first-order valence-electron chi connectivity index (χ1n) is 15.5. The molecule has 0 aliphatic carbocycles. The van der Waals surface area contributed by atoms with Crippen LogP contribution in [0.3, 0.4) is 0 Å². The Morgan fingerprint density at radius 1 is 0.707 bits per heavy atom. The van der Waals surface area contributed by atoms with E-state index >= 15 is 0 Å². The van der Waals surface area contributed by atoms with Crippen molar-refractivity contribution in [2.75, 3.05) is 11.9 Å². The molecule has 0 aliphatic heterocycles. The Hall–Kier alpha value is -2.87. The van der Waals surface area contributed by atoms with Crippen molar-refractivity contribution in [3.05, 3.63) is 59.7 Å². The average molecular weight is 587 g/mol. The molecule has 2 N–H and O–H groups in total. The molecule has 41 heavy (non-hydrogen) atoms. The topological polar surface area (TPSA) is 102 Å². The van der Waals surface area contributed by atoms with Gasteiger partial charge in [-0.05, 0) is 43.7 Å². The number of nitrogens with one attached hydrogen (secondary N) is 2. The molecule has 2 amide bonds. The molecule has 0 fully saturated rings. The van der Waals surface area contributed by atoms with Gasteiger partial charge in [0, 0.05) is 5.69 Å². The fourth-order valence-electron chi connectivity index (χ4n) is 4.68. The van der Waals surface area contributed by atoms with E-state index in [1.165, 1.54) is 102 Å². The second-order valence-corrected chi connectivity index (χ2v) is 12.6. The number of esters is 1. The van der Waals surface area contributed by atoms with E-state index in [1.54, 1.807) is 30.3 Å². The van der Waals surface area contributed by atoms with E-state index in [2.05, 4.69) is 12.2 Å². The fourth-order valence-corrected chi connectivity index (χ4v) is 5.58. The molecule has 0 bridgehead atoms. The highest BCUT2D eigenvalue weighted by molar-refractivity contribution is 7.90. The van der Waals surface area contributed by atoms with Crippen LogP contribution in [0.1, 0.15) is 126 Å². The first-order chi connectivity index (χ1) is 19.8. The van der Waals surface area contributed by atoms with Crippen LogP contribution in [0.15, 0.2) is 53.4 Å². The van der Waals surface area contributed by atoms with Gasteiger partial charge in [-0.15, -0.1) is 0 Å². The SMILES string of the molecule is CCCCCCCCCCCCCCCCCCOC(=O)c1cccc(NC(=O)NS(=O)(=O)c2ccc(C)cc2)c1. The zero-order valence-corrected chi connectivity index (χ0v) is 25.9. The summed E-state index contributed by atoms with van der Waals surface area (Å²) >= 11 is 0. The number of aryl methyl sites for hydroxylation is 1. The molecule has 0 aliphatic rings. The summed E-state index contributed by atoms with van der Waals surface area (Å²) < 4.78 is 32.2. The molecule has 2 aromatic rings. The number of amides is 2. The van der Waals surface area contributed by atoms with Gasteiger partial charge in [0.2, 0.25) is 0 Å². The first kappa shape index (κ1) is 34.3. The summed E-state index contributed by atoms with van der Waals surface area (Å²) in [6.07, 6.45) is 20.6. The molecule has 7 nitrogen and oxygen atoms in total. The number of sulfonamides is 1. The molecule has 0 unspecified atom stereocenters. The van der Waals surface area contributed by atoms with Gasteiger partial charge < -0.3 is 10.1 Å². The Morgan fingerprint density at radius 2 is 1.22 bits per heavy atom. The predicted molar refractivity (Wildman–Crippen MR) is 167 cm³/mol. The predicted octanol–water partition coefficient (Wildman–Crippen LogP) is 8.92. The quantitative estimate of drug-likeness (QED) is 0.112. The van der Waals surface area contributed by atoms with Crippen molar-refractivity contribution >= 4 is 27.7 Å². The molecule has 0 heterocycles. The summed E-state index contributed by atoms with van der Waals surface area (Å²) in [6, 6.07) is 11.5. The Bertz CT molecular complexity index is 1130. The van der Waals surface area contributed by atoms with Crippen molar-refractivity contribution in [2.24, 2.45) is 0 Å². The van der Waals surface area contributed by atoms with Crippen LogP contribution in [0.4, 0.5) is 10.5 Å². The highest BCUT2D eigenvalue weighted by Crippen LogP contribution is 2.16. The highest BCUT2D eigenvalue weighted by Gasteiger charge is 2.18. The number of hydrogen-bond acceptors (Lipinski definition) is 5. The van der Waals surface area contributed by atoms with Crippen LogP contribution in [-0.2, 0) is 14.8 Å². The minimum atomic E-state index is -4.01. The number of carbonyl (C=O) groups is 2. The van der Waals surface area contributed by atoms with Gasteiger partial charge in [0.25, 0.3) is 10.0 Å². The van der Waals surface area contributed by atoms with Gasteiger partial charge in [-0.25, -0.2) is 22.7 Å². The van der Waals surface area contributed by atoms with Gasteiger partial charge in [-0.3, -0.25) is 0 Å². The van der Waals surface area contributed by atoms with E-state index in [-0.39, 0.29) is 4.90 Å². The number of urea groups is 1. The highest BCUT2D eigenvalue weighted by atomic mass is 32.2. The maximum atomic E-state index is 12.4. The molecule has 0 saturated heterocycles. The second-order valence-electron chi connectivity index (χ2n) is 10.9. The molecule has 0 spiro atoms. The van der Waals surface area contributed by atoms with Crippen molar-refractivity contribution < 1.29 is 22.7 Å². The van der Waals surface area contributed by atoms with E-state index in [0.29, 0.717) is 17.9 Å². The summed E-state index contributed by atoms with van der Waals surface area (Å²) in [6.45, 7) is 4.46. The van der Waals surface area contributed by atoms with Gasteiger partial charge in [-0.2, -0.15) is 0 Å². The third kappa shape index (κ3) is 15.1. The lowest BCUT2D eigenvalue weighted by atomic mass is 10.0. The van der Waals surface area contributed by atoms with Crippen LogP contribution in [0.2, 0.25) is 0 Å². The maximum Gasteiger partial charge on any atom is 0.338 e. The van der Waals surface area contributed by atoms with Crippen LogP contribution < -0.4 is 10.0 Å². The monoisotopic (exact) mass is 586 g/mol. The van der Waals surface area contributed by atoms with E-state index in [4.69, 9.17) is 4.74 Å². The van der Waals surface area contributed by atoms with E-state index in [9.17, 15) is 18.0 Å². The summed E-state index contributed by atoms with van der Waals surface area (Å²) in [5.74, 6) is -0.470. The summed E-state index contributed by atoms with van der Waals surface area (Å²) in [7, 11) is -4.01. The Morgan fingerprint density at radius 3 is 1.76 bits per heavy atom. The average Bonchev–Trinajstić information content (AvgIpc) is 2.94. The molecule has 8 heteroatoms. The second kappa shape index (κ2) is 20.1. The number of ether oxygens (including phenoxy) is 1. The molecule has 228 valence electrons. The van der Waals surface area contributed by atoms with Gasteiger partial charge in [0.15, 0.2) is 0 Å². The number of hydrogen-bond donors (Lipinski definition) is 2. The third-order valence-electron chi connectivity index (χ3n) is 7.15. The molecular formula is C33H50N2O5S. The molecule has 2 rings (SSSR count). The third-order valence-corrected chi connectivity index (χ3v) is 8.49. The van der Waals surface area contributed by atoms with Crippen molar-refractivity contribution in [3.8, 4) is 0 Å². The lowest BCUT2D eigenvalue weighted by Crippen LogP contribution is -2.34. The zero-order valence-electron chi connectivity index (χ0n) is 25.1. The minimum absolute atomic E-state index is 0.00957. The molecule has 0 radical (unpaired) electrons. The van der Waals surface area contributed by atoms with Crippen molar-refractivity contribution in [3.63, 3.8) is 0 Å². The van der Waals surface area contributed by atoms with Gasteiger partial charge in [0.1, 0.15) is 0 Å². The Kier molecular flexibility index (Phi) is 16.8. The van der Waals surface area contributed by atoms with Crippen LogP contribution in [0, 0.1) is 6.92 Å². The van der Waals surface area contributed by atoms with Gasteiger partial charge >= 0.3 is 12.0 Å². The first-order valence-corrected chi connectivity index (χ1v) is 17.0. The number of benzene rings is 2. The normalized spacial score (nSPS) is 11.3. The van der Waals surface area contributed by atoms with Crippen LogP contribution in [0.25, 0.3) is 0 Å². The van der Waals surface area contributed by atoms with Gasteiger partial charge in [-0.1, -0.05) is 127 Å². The smallest absolute Gasteiger partial charge is 0.338 e.